The summed E-state index contributed by atoms with van der Waals surface area (Å²) in [6, 6.07) is 0. The quantitative estimate of drug-likeness (QED) is 0.580. The molecule has 1 atom stereocenters. The molecule has 2 saturated heterocycles. The van der Waals surface area contributed by atoms with Gasteiger partial charge in [0.15, 0.2) is 0 Å². The number of nitrogens with one attached hydrogen (secondary N) is 1. The number of hydrogen-bond acceptors (Lipinski definition) is 2. The van der Waals surface area contributed by atoms with Crippen LogP contribution in [0.25, 0.3) is 0 Å². The van der Waals surface area contributed by atoms with Crippen LogP contribution in [-0.4, -0.2) is 26.3 Å². The Balaban J connectivity index is 0.000000378. The molecular weight excluding hydrogens is 138 g/mol. The van der Waals surface area contributed by atoms with E-state index in [0.717, 1.165) is 13.2 Å². The molecule has 0 saturated carbocycles. The van der Waals surface area contributed by atoms with Crippen LogP contribution >= 0.6 is 0 Å². The van der Waals surface area contributed by atoms with Crippen molar-refractivity contribution in [3.63, 3.8) is 0 Å². The maximum absolute atomic E-state index is 5.34. The van der Waals surface area contributed by atoms with Crippen molar-refractivity contribution in [3.05, 3.63) is 0 Å². The van der Waals surface area contributed by atoms with Crippen molar-refractivity contribution in [2.45, 2.75) is 26.7 Å². The van der Waals surface area contributed by atoms with Crippen molar-refractivity contribution in [2.24, 2.45) is 5.41 Å². The zero-order valence-corrected chi connectivity index (χ0v) is 7.65. The molecule has 0 aromatic heterocycles. The summed E-state index contributed by atoms with van der Waals surface area (Å²) in [6.07, 6.45) is 2.60. The number of hydrogen-bond donors (Lipinski definition) is 1. The Hall–Kier alpha value is -0.0800. The average Bonchev–Trinajstić information content (AvgIpc) is 2.69. The van der Waals surface area contributed by atoms with Gasteiger partial charge < -0.3 is 10.1 Å². The molecule has 2 fully saturated rings. The lowest BCUT2D eigenvalue weighted by Gasteiger charge is -2.17. The van der Waals surface area contributed by atoms with Gasteiger partial charge in [0.2, 0.25) is 0 Å². The van der Waals surface area contributed by atoms with Crippen LogP contribution in [0.15, 0.2) is 0 Å². The molecule has 2 nitrogen and oxygen atoms in total. The van der Waals surface area contributed by atoms with E-state index in [1.54, 1.807) is 0 Å². The second-order valence-electron chi connectivity index (χ2n) is 3.23. The molecule has 0 amide bonds. The zero-order chi connectivity index (χ0) is 8.16. The summed E-state index contributed by atoms with van der Waals surface area (Å²) in [7, 11) is 0. The highest BCUT2D eigenvalue weighted by molar-refractivity contribution is 4.90. The third-order valence-electron chi connectivity index (χ3n) is 2.52. The first-order chi connectivity index (χ1) is 5.41. The summed E-state index contributed by atoms with van der Waals surface area (Å²) in [6.45, 7) is 8.37. The van der Waals surface area contributed by atoms with Crippen molar-refractivity contribution in [3.8, 4) is 0 Å². The van der Waals surface area contributed by atoms with Crippen LogP contribution < -0.4 is 5.32 Å². The maximum Gasteiger partial charge on any atom is 0.0535 e. The van der Waals surface area contributed by atoms with Crippen LogP contribution in [-0.2, 0) is 4.74 Å². The van der Waals surface area contributed by atoms with E-state index >= 15 is 0 Å². The SMILES string of the molecule is C1CC2(CCOC2)CN1.CC.[HH]. The highest BCUT2D eigenvalue weighted by Crippen LogP contribution is 2.33. The first kappa shape index (κ1) is 9.01. The van der Waals surface area contributed by atoms with E-state index in [4.69, 9.17) is 4.74 Å². The summed E-state index contributed by atoms with van der Waals surface area (Å²) < 4.78 is 5.34. The summed E-state index contributed by atoms with van der Waals surface area (Å²) in [5.41, 5.74) is 0.556. The minimum absolute atomic E-state index is 0. The molecule has 0 radical (unpaired) electrons. The minimum atomic E-state index is 0. The van der Waals surface area contributed by atoms with Gasteiger partial charge in [0.1, 0.15) is 0 Å². The van der Waals surface area contributed by atoms with Crippen LogP contribution in [0, 0.1) is 5.41 Å². The molecule has 1 unspecified atom stereocenters. The van der Waals surface area contributed by atoms with Crippen LogP contribution in [0.1, 0.15) is 28.1 Å². The van der Waals surface area contributed by atoms with Crippen LogP contribution in [0.2, 0.25) is 0 Å². The Kier molecular flexibility index (Phi) is 3.34. The summed E-state index contributed by atoms with van der Waals surface area (Å²) in [4.78, 5) is 0. The van der Waals surface area contributed by atoms with Gasteiger partial charge in [0, 0.05) is 20.0 Å². The molecule has 0 aromatic rings. The van der Waals surface area contributed by atoms with Gasteiger partial charge in [-0.3, -0.25) is 0 Å². The first-order valence-electron chi connectivity index (χ1n) is 4.70. The average molecular weight is 159 g/mol. The Bertz CT molecular complexity index is 89.6. The fourth-order valence-corrected chi connectivity index (χ4v) is 1.78. The van der Waals surface area contributed by atoms with E-state index in [1.165, 1.54) is 25.9 Å². The standard InChI is InChI=1S/C7H13NO.C2H6.H2/c1-3-8-5-7(1)2-4-9-6-7;1-2;/h8H,1-6H2;1-2H3;1H. The van der Waals surface area contributed by atoms with Crippen molar-refractivity contribution < 1.29 is 6.16 Å². The Morgan fingerprint density at radius 1 is 1.36 bits per heavy atom. The lowest BCUT2D eigenvalue weighted by Crippen LogP contribution is -2.23. The van der Waals surface area contributed by atoms with E-state index < -0.39 is 0 Å². The van der Waals surface area contributed by atoms with Gasteiger partial charge in [-0.25, -0.2) is 0 Å². The largest absolute Gasteiger partial charge is 0.381 e. The van der Waals surface area contributed by atoms with E-state index in [0.29, 0.717) is 5.41 Å². The highest BCUT2D eigenvalue weighted by Gasteiger charge is 2.37. The molecule has 0 aromatic carbocycles. The zero-order valence-electron chi connectivity index (χ0n) is 7.65. The van der Waals surface area contributed by atoms with Gasteiger partial charge in [-0.2, -0.15) is 0 Å². The van der Waals surface area contributed by atoms with E-state index in [1.807, 2.05) is 13.8 Å². The molecular formula is C9H21NO. The summed E-state index contributed by atoms with van der Waals surface area (Å²) in [5.74, 6) is 0. The van der Waals surface area contributed by atoms with E-state index in [9.17, 15) is 0 Å². The van der Waals surface area contributed by atoms with Gasteiger partial charge in [-0.05, 0) is 19.4 Å². The Labute approximate surface area is 70.8 Å². The summed E-state index contributed by atoms with van der Waals surface area (Å²) >= 11 is 0. The smallest absolute Gasteiger partial charge is 0.0535 e. The lowest BCUT2D eigenvalue weighted by molar-refractivity contribution is 0.160. The fraction of sp³-hybridized carbons (Fsp3) is 1.00. The lowest BCUT2D eigenvalue weighted by atomic mass is 9.87. The van der Waals surface area contributed by atoms with Gasteiger partial charge in [-0.1, -0.05) is 13.8 Å². The molecule has 2 aliphatic rings. The van der Waals surface area contributed by atoms with E-state index in [-0.39, 0.29) is 1.43 Å². The third kappa shape index (κ3) is 1.94. The minimum Gasteiger partial charge on any atom is -0.381 e. The summed E-state index contributed by atoms with van der Waals surface area (Å²) in [5, 5.41) is 3.38. The Morgan fingerprint density at radius 2 is 2.18 bits per heavy atom. The molecule has 1 N–H and O–H groups in total. The molecule has 2 heterocycles. The molecule has 68 valence electrons. The number of rotatable bonds is 0. The second kappa shape index (κ2) is 4.07. The second-order valence-corrected chi connectivity index (χ2v) is 3.23. The highest BCUT2D eigenvalue weighted by atomic mass is 16.5. The van der Waals surface area contributed by atoms with Crippen LogP contribution in [0.5, 0.6) is 0 Å². The van der Waals surface area contributed by atoms with Crippen molar-refractivity contribution in [2.75, 3.05) is 26.3 Å². The monoisotopic (exact) mass is 159 g/mol. The van der Waals surface area contributed by atoms with E-state index in [2.05, 4.69) is 5.32 Å². The van der Waals surface area contributed by atoms with Gasteiger partial charge in [0.25, 0.3) is 0 Å². The normalized spacial score (nSPS) is 35.5. The van der Waals surface area contributed by atoms with Crippen molar-refractivity contribution in [1.29, 1.82) is 0 Å². The molecule has 2 rings (SSSR count). The van der Waals surface area contributed by atoms with Gasteiger partial charge in [-0.15, -0.1) is 0 Å². The molecule has 2 heteroatoms. The number of ether oxygens (including phenoxy) is 1. The van der Waals surface area contributed by atoms with Crippen molar-refractivity contribution in [1.82, 2.24) is 5.32 Å². The van der Waals surface area contributed by atoms with Crippen LogP contribution in [0.3, 0.4) is 0 Å². The van der Waals surface area contributed by atoms with Crippen LogP contribution in [0.4, 0.5) is 0 Å². The molecule has 0 aliphatic carbocycles. The topological polar surface area (TPSA) is 21.3 Å². The first-order valence-corrected chi connectivity index (χ1v) is 4.70. The molecule has 0 bridgehead atoms. The van der Waals surface area contributed by atoms with Gasteiger partial charge in [0.05, 0.1) is 6.61 Å². The van der Waals surface area contributed by atoms with Crippen molar-refractivity contribution >= 4 is 0 Å². The van der Waals surface area contributed by atoms with Gasteiger partial charge >= 0.3 is 0 Å². The predicted molar refractivity (Wildman–Crippen MR) is 48.8 cm³/mol. The maximum atomic E-state index is 5.34. The predicted octanol–water partition coefficient (Wildman–Crippen LogP) is 1.66. The molecule has 2 aliphatic heterocycles. The third-order valence-corrected chi connectivity index (χ3v) is 2.52. The molecule has 1 spiro atoms. The Morgan fingerprint density at radius 3 is 2.64 bits per heavy atom. The molecule has 11 heavy (non-hydrogen) atoms. The fourth-order valence-electron chi connectivity index (χ4n) is 1.78.